The molecule has 0 fully saturated rings. The number of hydrogen-bond donors (Lipinski definition) is 1. The molecule has 0 atom stereocenters. The molecule has 0 radical (unpaired) electrons. The topological polar surface area (TPSA) is 46.3 Å². The standard InChI is InChI=1S/C7H14N2O/c1-4-5-6(7(8)10)9(2)3/h5H,4H2,1-3H3,(H2,8,10). The fourth-order valence-corrected chi connectivity index (χ4v) is 0.697. The number of allylic oxidation sites excluding steroid dienone is 1. The lowest BCUT2D eigenvalue weighted by atomic mass is 10.3. The molecule has 0 aromatic heterocycles. The van der Waals surface area contributed by atoms with E-state index in [9.17, 15) is 4.79 Å². The van der Waals surface area contributed by atoms with Crippen molar-refractivity contribution in [3.63, 3.8) is 0 Å². The van der Waals surface area contributed by atoms with Crippen LogP contribution in [-0.4, -0.2) is 24.9 Å². The average molecular weight is 142 g/mol. The lowest BCUT2D eigenvalue weighted by Crippen LogP contribution is -2.25. The first-order valence-corrected chi connectivity index (χ1v) is 3.26. The second-order valence-electron chi connectivity index (χ2n) is 2.26. The molecule has 0 bridgehead atoms. The maximum Gasteiger partial charge on any atom is 0.264 e. The van der Waals surface area contributed by atoms with Crippen LogP contribution in [-0.2, 0) is 4.79 Å². The van der Waals surface area contributed by atoms with Gasteiger partial charge in [-0.1, -0.05) is 13.0 Å². The Morgan fingerprint density at radius 1 is 1.60 bits per heavy atom. The molecule has 0 aromatic carbocycles. The van der Waals surface area contributed by atoms with Crippen LogP contribution in [0.25, 0.3) is 0 Å². The minimum absolute atomic E-state index is 0.369. The lowest BCUT2D eigenvalue weighted by Gasteiger charge is -2.12. The number of nitrogens with two attached hydrogens (primary N) is 1. The Morgan fingerprint density at radius 2 is 2.10 bits per heavy atom. The first-order valence-electron chi connectivity index (χ1n) is 3.26. The molecule has 0 unspecified atom stereocenters. The summed E-state index contributed by atoms with van der Waals surface area (Å²) in [6.45, 7) is 1.96. The summed E-state index contributed by atoms with van der Waals surface area (Å²) in [4.78, 5) is 12.4. The van der Waals surface area contributed by atoms with E-state index in [4.69, 9.17) is 5.73 Å². The van der Waals surface area contributed by atoms with Crippen molar-refractivity contribution in [1.82, 2.24) is 4.90 Å². The third kappa shape index (κ3) is 2.53. The quantitative estimate of drug-likeness (QED) is 0.577. The summed E-state index contributed by atoms with van der Waals surface area (Å²) < 4.78 is 0. The summed E-state index contributed by atoms with van der Waals surface area (Å²) in [6.07, 6.45) is 2.64. The highest BCUT2D eigenvalue weighted by molar-refractivity contribution is 5.91. The van der Waals surface area contributed by atoms with Crippen molar-refractivity contribution in [2.24, 2.45) is 5.73 Å². The van der Waals surface area contributed by atoms with Gasteiger partial charge < -0.3 is 10.6 Å². The van der Waals surface area contributed by atoms with E-state index in [2.05, 4.69) is 0 Å². The summed E-state index contributed by atoms with van der Waals surface area (Å²) in [5.74, 6) is -0.369. The van der Waals surface area contributed by atoms with Crippen molar-refractivity contribution < 1.29 is 4.79 Å². The molecule has 3 heteroatoms. The molecule has 0 aliphatic carbocycles. The van der Waals surface area contributed by atoms with Gasteiger partial charge in [-0.05, 0) is 6.42 Å². The Hall–Kier alpha value is -0.990. The Balaban J connectivity index is 4.27. The zero-order chi connectivity index (χ0) is 8.15. The molecule has 0 aliphatic heterocycles. The van der Waals surface area contributed by atoms with Crippen LogP contribution in [0.5, 0.6) is 0 Å². The van der Waals surface area contributed by atoms with E-state index in [0.29, 0.717) is 5.70 Å². The van der Waals surface area contributed by atoms with Gasteiger partial charge in [0.25, 0.3) is 5.91 Å². The van der Waals surface area contributed by atoms with Crippen molar-refractivity contribution in [3.05, 3.63) is 11.8 Å². The largest absolute Gasteiger partial charge is 0.373 e. The van der Waals surface area contributed by atoms with E-state index >= 15 is 0 Å². The van der Waals surface area contributed by atoms with E-state index in [1.807, 2.05) is 13.0 Å². The molecule has 1 amide bonds. The third-order valence-electron chi connectivity index (χ3n) is 1.13. The van der Waals surface area contributed by atoms with Crippen molar-refractivity contribution in [3.8, 4) is 0 Å². The van der Waals surface area contributed by atoms with Crippen LogP contribution in [0.3, 0.4) is 0 Å². The number of carbonyl (C=O) groups is 1. The van der Waals surface area contributed by atoms with Crippen molar-refractivity contribution in [1.29, 1.82) is 0 Å². The zero-order valence-electron chi connectivity index (χ0n) is 6.72. The molecule has 3 nitrogen and oxygen atoms in total. The molecule has 0 heterocycles. The monoisotopic (exact) mass is 142 g/mol. The summed E-state index contributed by atoms with van der Waals surface area (Å²) in [5, 5.41) is 0. The second kappa shape index (κ2) is 3.93. The van der Waals surface area contributed by atoms with Gasteiger partial charge >= 0.3 is 0 Å². The molecule has 0 aromatic rings. The molecule has 0 rings (SSSR count). The van der Waals surface area contributed by atoms with E-state index in [0.717, 1.165) is 6.42 Å². The van der Waals surface area contributed by atoms with Crippen molar-refractivity contribution >= 4 is 5.91 Å². The lowest BCUT2D eigenvalue weighted by molar-refractivity contribution is -0.115. The summed E-state index contributed by atoms with van der Waals surface area (Å²) >= 11 is 0. The summed E-state index contributed by atoms with van der Waals surface area (Å²) in [7, 11) is 3.60. The molecular weight excluding hydrogens is 128 g/mol. The molecule has 0 aliphatic rings. The summed E-state index contributed by atoms with van der Waals surface area (Å²) in [6, 6.07) is 0. The predicted octanol–water partition coefficient (Wildman–Crippen LogP) is 0.327. The summed E-state index contributed by atoms with van der Waals surface area (Å²) in [5.41, 5.74) is 5.65. The fraction of sp³-hybridized carbons (Fsp3) is 0.571. The van der Waals surface area contributed by atoms with Gasteiger partial charge in [-0.25, -0.2) is 0 Å². The number of nitrogens with zero attached hydrogens (tertiary/aromatic N) is 1. The average Bonchev–Trinajstić information content (AvgIpc) is 1.81. The van der Waals surface area contributed by atoms with Crippen LogP contribution >= 0.6 is 0 Å². The SMILES string of the molecule is CCC=C(C(N)=O)N(C)C. The molecule has 58 valence electrons. The van der Waals surface area contributed by atoms with Crippen LogP contribution in [0, 0.1) is 0 Å². The Bertz CT molecular complexity index is 150. The van der Waals surface area contributed by atoms with Crippen molar-refractivity contribution in [2.45, 2.75) is 13.3 Å². The molecular formula is C7H14N2O. The number of hydrogen-bond acceptors (Lipinski definition) is 2. The fourth-order valence-electron chi connectivity index (χ4n) is 0.697. The van der Waals surface area contributed by atoms with Gasteiger partial charge in [0.15, 0.2) is 0 Å². The Kier molecular flexibility index (Phi) is 3.54. The van der Waals surface area contributed by atoms with Crippen LogP contribution < -0.4 is 5.73 Å². The third-order valence-corrected chi connectivity index (χ3v) is 1.13. The van der Waals surface area contributed by atoms with Gasteiger partial charge in [0.1, 0.15) is 0 Å². The smallest absolute Gasteiger partial charge is 0.264 e. The first kappa shape index (κ1) is 9.01. The molecule has 10 heavy (non-hydrogen) atoms. The zero-order valence-corrected chi connectivity index (χ0v) is 6.72. The van der Waals surface area contributed by atoms with Crippen LogP contribution in [0.4, 0.5) is 0 Å². The molecule has 0 saturated carbocycles. The maximum absolute atomic E-state index is 10.6. The van der Waals surface area contributed by atoms with Crippen LogP contribution in [0.15, 0.2) is 11.8 Å². The first-order chi connectivity index (χ1) is 4.59. The van der Waals surface area contributed by atoms with Gasteiger partial charge in [0.05, 0.1) is 5.70 Å². The normalized spacial score (nSPS) is 11.3. The Labute approximate surface area is 61.5 Å². The van der Waals surface area contributed by atoms with Gasteiger partial charge in [-0.3, -0.25) is 4.79 Å². The highest BCUT2D eigenvalue weighted by Crippen LogP contribution is 1.97. The molecule has 2 N–H and O–H groups in total. The number of amides is 1. The van der Waals surface area contributed by atoms with Gasteiger partial charge in [-0.2, -0.15) is 0 Å². The van der Waals surface area contributed by atoms with E-state index in [1.54, 1.807) is 19.0 Å². The van der Waals surface area contributed by atoms with E-state index < -0.39 is 0 Å². The number of rotatable bonds is 3. The predicted molar refractivity (Wildman–Crippen MR) is 41.3 cm³/mol. The van der Waals surface area contributed by atoms with E-state index in [-0.39, 0.29) is 5.91 Å². The molecule has 0 saturated heterocycles. The van der Waals surface area contributed by atoms with Crippen LogP contribution in [0.2, 0.25) is 0 Å². The van der Waals surface area contributed by atoms with E-state index in [1.165, 1.54) is 0 Å². The van der Waals surface area contributed by atoms with Gasteiger partial charge in [-0.15, -0.1) is 0 Å². The van der Waals surface area contributed by atoms with Gasteiger partial charge in [0.2, 0.25) is 0 Å². The van der Waals surface area contributed by atoms with Crippen molar-refractivity contribution in [2.75, 3.05) is 14.1 Å². The highest BCUT2D eigenvalue weighted by Gasteiger charge is 2.04. The van der Waals surface area contributed by atoms with Crippen LogP contribution in [0.1, 0.15) is 13.3 Å². The minimum Gasteiger partial charge on any atom is -0.373 e. The number of primary amides is 1. The number of carbonyl (C=O) groups excluding carboxylic acids is 1. The Morgan fingerprint density at radius 3 is 2.20 bits per heavy atom. The maximum atomic E-state index is 10.6. The minimum atomic E-state index is -0.369. The second-order valence-corrected chi connectivity index (χ2v) is 2.26. The highest BCUT2D eigenvalue weighted by atomic mass is 16.1. The van der Waals surface area contributed by atoms with Gasteiger partial charge in [0, 0.05) is 14.1 Å². The number of likely N-dealkylation sites (N-methyl/N-ethyl adjacent to an activating group) is 1. The molecule has 0 spiro atoms.